The van der Waals surface area contributed by atoms with Crippen molar-refractivity contribution < 1.29 is 34.4 Å². The number of rotatable bonds is 7. The number of nitrogens with one attached hydrogen (secondary N) is 2. The standard InChI is InChI=1S/C30H47N7O7/c38-23-17-35(13-11-31-19-8-4-5-9-19)30(43)28-27(41)26(40)25(39)22(44-28)15-32-29(42)24-21(10-12-36(23)24)37-16-20(33-34-37)14-18-6-2-1-3-7-18/h16,18-19,21-22,24-28,31,39-41H,1-15,17H2,(H,32,42)/t21-,22+,24+,25+,26-,27-,28+/m1/s1. The van der Waals surface area contributed by atoms with Crippen molar-refractivity contribution >= 4 is 17.7 Å². The van der Waals surface area contributed by atoms with Crippen molar-refractivity contribution in [1.82, 2.24) is 35.4 Å². The summed E-state index contributed by atoms with van der Waals surface area (Å²) >= 11 is 0. The predicted molar refractivity (Wildman–Crippen MR) is 156 cm³/mol. The Labute approximate surface area is 257 Å². The van der Waals surface area contributed by atoms with Gasteiger partial charge in [-0.2, -0.15) is 0 Å². The Morgan fingerprint density at radius 2 is 1.70 bits per heavy atom. The number of carbonyl (C=O) groups excluding carboxylic acids is 3. The first-order chi connectivity index (χ1) is 21.3. The lowest BCUT2D eigenvalue weighted by Crippen LogP contribution is -2.65. The normalized spacial score (nSPS) is 34.5. The first kappa shape index (κ1) is 31.3. The van der Waals surface area contributed by atoms with Gasteiger partial charge in [-0.1, -0.05) is 50.2 Å². The molecular formula is C30H47N7O7. The van der Waals surface area contributed by atoms with Gasteiger partial charge in [0.05, 0.1) is 18.3 Å². The number of ether oxygens (including phenoxy) is 1. The Morgan fingerprint density at radius 1 is 0.955 bits per heavy atom. The lowest BCUT2D eigenvalue weighted by molar-refractivity contribution is -0.223. The van der Waals surface area contributed by atoms with E-state index in [0.717, 1.165) is 37.8 Å². The average molecular weight is 618 g/mol. The number of aromatic nitrogens is 3. The highest BCUT2D eigenvalue weighted by atomic mass is 16.5. The number of amides is 3. The molecule has 244 valence electrons. The van der Waals surface area contributed by atoms with Crippen molar-refractivity contribution in [2.24, 2.45) is 5.92 Å². The van der Waals surface area contributed by atoms with Crippen LogP contribution in [-0.4, -0.2) is 133 Å². The smallest absolute Gasteiger partial charge is 0.255 e. The van der Waals surface area contributed by atoms with Gasteiger partial charge < -0.3 is 40.5 Å². The maximum atomic E-state index is 13.8. The van der Waals surface area contributed by atoms with E-state index in [-0.39, 0.29) is 19.6 Å². The minimum Gasteiger partial charge on any atom is -0.388 e. The van der Waals surface area contributed by atoms with Crippen molar-refractivity contribution in [1.29, 1.82) is 0 Å². The molecule has 3 amide bonds. The fourth-order valence-corrected chi connectivity index (χ4v) is 7.77. The Morgan fingerprint density at radius 3 is 2.48 bits per heavy atom. The van der Waals surface area contributed by atoms with E-state index in [9.17, 15) is 29.7 Å². The SMILES string of the molecule is O=C1NC[C@@H]2O[C@H](C(=O)N(CCNC3CCCC3)CC(=O)N3CC[C@@H](n4cc(CC5CCCCC5)nn4)[C@@H]13)[C@H](O)[C@H](O)[C@H]2O. The molecule has 1 aromatic rings. The van der Waals surface area contributed by atoms with Gasteiger partial charge in [0.15, 0.2) is 6.10 Å². The summed E-state index contributed by atoms with van der Waals surface area (Å²) in [4.78, 5) is 44.2. The molecule has 5 aliphatic rings. The molecule has 6 rings (SSSR count). The summed E-state index contributed by atoms with van der Waals surface area (Å²) in [6.07, 6.45) is 6.20. The van der Waals surface area contributed by atoms with Gasteiger partial charge in [-0.3, -0.25) is 14.4 Å². The second kappa shape index (κ2) is 13.8. The number of carbonyl (C=O) groups is 3. The largest absolute Gasteiger partial charge is 0.388 e. The van der Waals surface area contributed by atoms with E-state index in [0.29, 0.717) is 31.5 Å². The third-order valence-corrected chi connectivity index (χ3v) is 10.3. The quantitative estimate of drug-likeness (QED) is 0.251. The highest BCUT2D eigenvalue weighted by Gasteiger charge is 2.50. The molecule has 2 bridgehead atoms. The molecule has 14 nitrogen and oxygen atoms in total. The zero-order valence-electron chi connectivity index (χ0n) is 25.3. The molecule has 0 aromatic carbocycles. The monoisotopic (exact) mass is 617 g/mol. The van der Waals surface area contributed by atoms with Crippen molar-refractivity contribution in [3.8, 4) is 0 Å². The summed E-state index contributed by atoms with van der Waals surface area (Å²) in [6, 6.07) is -1.02. The van der Waals surface area contributed by atoms with Gasteiger partial charge in [-0.05, 0) is 31.6 Å². The van der Waals surface area contributed by atoms with Crippen LogP contribution in [0.1, 0.15) is 75.9 Å². The molecule has 3 saturated heterocycles. The van der Waals surface area contributed by atoms with E-state index in [4.69, 9.17) is 4.74 Å². The Hall–Kier alpha value is -2.65. The van der Waals surface area contributed by atoms with Crippen LogP contribution < -0.4 is 10.6 Å². The Bertz CT molecular complexity index is 1170. The van der Waals surface area contributed by atoms with Crippen molar-refractivity contribution in [2.75, 3.05) is 32.7 Å². The van der Waals surface area contributed by atoms with E-state index in [1.807, 2.05) is 6.20 Å². The minimum absolute atomic E-state index is 0.179. The van der Waals surface area contributed by atoms with Crippen molar-refractivity contribution in [3.05, 3.63) is 11.9 Å². The lowest BCUT2D eigenvalue weighted by atomic mass is 9.86. The molecule has 14 heteroatoms. The van der Waals surface area contributed by atoms with Gasteiger partial charge in [-0.25, -0.2) is 4.68 Å². The average Bonchev–Trinajstić information content (AvgIpc) is 3.80. The van der Waals surface area contributed by atoms with Crippen molar-refractivity contribution in [2.45, 2.75) is 119 Å². The molecule has 0 spiro atoms. The molecule has 0 radical (unpaired) electrons. The first-order valence-electron chi connectivity index (χ1n) is 16.5. The second-order valence-electron chi connectivity index (χ2n) is 13.3. The third kappa shape index (κ3) is 6.64. The molecule has 0 unspecified atom stereocenters. The number of hydrogen-bond acceptors (Lipinski definition) is 10. The maximum Gasteiger partial charge on any atom is 0.255 e. The van der Waals surface area contributed by atoms with Crippen molar-refractivity contribution in [3.63, 3.8) is 0 Å². The fourth-order valence-electron chi connectivity index (χ4n) is 7.77. The molecule has 4 heterocycles. The topological polar surface area (TPSA) is 182 Å². The highest BCUT2D eigenvalue weighted by Crippen LogP contribution is 2.32. The number of hydrogen-bond donors (Lipinski definition) is 5. The first-order valence-corrected chi connectivity index (χ1v) is 16.5. The summed E-state index contributed by atoms with van der Waals surface area (Å²) in [6.45, 7) is 0.387. The van der Waals surface area contributed by atoms with Crippen LogP contribution in [0.2, 0.25) is 0 Å². The van der Waals surface area contributed by atoms with Crippen LogP contribution in [0.3, 0.4) is 0 Å². The van der Waals surface area contributed by atoms with Crippen LogP contribution in [0.25, 0.3) is 0 Å². The number of nitrogens with zero attached hydrogens (tertiary/aromatic N) is 5. The second-order valence-corrected chi connectivity index (χ2v) is 13.3. The molecule has 5 fully saturated rings. The summed E-state index contributed by atoms with van der Waals surface area (Å²) in [5.41, 5.74) is 0.874. The van der Waals surface area contributed by atoms with Crippen LogP contribution in [0.4, 0.5) is 0 Å². The molecule has 2 saturated carbocycles. The van der Waals surface area contributed by atoms with Crippen LogP contribution >= 0.6 is 0 Å². The van der Waals surface area contributed by atoms with E-state index in [1.165, 1.54) is 41.9 Å². The molecule has 3 aliphatic heterocycles. The van der Waals surface area contributed by atoms with E-state index >= 15 is 0 Å². The number of aliphatic hydroxyl groups excluding tert-OH is 3. The Balaban J connectivity index is 1.23. The van der Waals surface area contributed by atoms with Crippen LogP contribution in [0.5, 0.6) is 0 Å². The van der Waals surface area contributed by atoms with E-state index < -0.39 is 60.3 Å². The van der Waals surface area contributed by atoms with Gasteiger partial charge in [0.1, 0.15) is 30.5 Å². The zero-order valence-corrected chi connectivity index (χ0v) is 25.3. The Kier molecular flexibility index (Phi) is 9.81. The zero-order chi connectivity index (χ0) is 30.8. The summed E-state index contributed by atoms with van der Waals surface area (Å²) in [5.74, 6) is -0.906. The van der Waals surface area contributed by atoms with E-state index in [2.05, 4.69) is 20.9 Å². The minimum atomic E-state index is -1.69. The molecule has 7 atom stereocenters. The molecule has 2 aliphatic carbocycles. The van der Waals surface area contributed by atoms with E-state index in [1.54, 1.807) is 4.68 Å². The van der Waals surface area contributed by atoms with Gasteiger partial charge >= 0.3 is 0 Å². The van der Waals surface area contributed by atoms with Gasteiger partial charge in [0, 0.05) is 38.4 Å². The number of aliphatic hydroxyl groups is 3. The number of fused-ring (bicyclic) bond motifs is 3. The lowest BCUT2D eigenvalue weighted by Gasteiger charge is -2.42. The highest BCUT2D eigenvalue weighted by molar-refractivity contribution is 5.92. The molecular weight excluding hydrogens is 570 g/mol. The molecule has 5 N–H and O–H groups in total. The predicted octanol–water partition coefficient (Wildman–Crippen LogP) is -1.12. The summed E-state index contributed by atoms with van der Waals surface area (Å²) in [7, 11) is 0. The summed E-state index contributed by atoms with van der Waals surface area (Å²) < 4.78 is 7.51. The van der Waals surface area contributed by atoms with Gasteiger partial charge in [0.2, 0.25) is 11.8 Å². The van der Waals surface area contributed by atoms with Crippen LogP contribution in [-0.2, 0) is 25.5 Å². The molecule has 1 aromatic heterocycles. The fraction of sp³-hybridized carbons (Fsp3) is 0.833. The van der Waals surface area contributed by atoms with Gasteiger partial charge in [-0.15, -0.1) is 5.10 Å². The third-order valence-electron chi connectivity index (χ3n) is 10.3. The molecule has 44 heavy (non-hydrogen) atoms. The van der Waals surface area contributed by atoms with Crippen LogP contribution in [0, 0.1) is 5.92 Å². The van der Waals surface area contributed by atoms with Gasteiger partial charge in [0.25, 0.3) is 5.91 Å². The maximum absolute atomic E-state index is 13.8. The van der Waals surface area contributed by atoms with Crippen LogP contribution in [0.15, 0.2) is 6.20 Å². The summed E-state index contributed by atoms with van der Waals surface area (Å²) in [5, 5.41) is 46.9.